The van der Waals surface area contributed by atoms with Gasteiger partial charge in [0, 0.05) is 0 Å². The lowest BCUT2D eigenvalue weighted by Crippen LogP contribution is -2.18. The van der Waals surface area contributed by atoms with Crippen LogP contribution in [0.4, 0.5) is 4.39 Å². The van der Waals surface area contributed by atoms with E-state index in [1.54, 1.807) is 0 Å². The second-order valence-electron chi connectivity index (χ2n) is 4.21. The van der Waals surface area contributed by atoms with Gasteiger partial charge in [0.25, 0.3) is 0 Å². The number of aromatic nitrogens is 1. The molecule has 3 nitrogen and oxygen atoms in total. The Morgan fingerprint density at radius 3 is 3.06 bits per heavy atom. The average Bonchev–Trinajstić information content (AvgIpc) is 2.70. The summed E-state index contributed by atoms with van der Waals surface area (Å²) in [5, 5.41) is 0. The van der Waals surface area contributed by atoms with Gasteiger partial charge in [0.1, 0.15) is 21.7 Å². The zero-order valence-corrected chi connectivity index (χ0v) is 13.7. The molecule has 0 aromatic carbocycles. The Hall–Kier alpha value is -0.240. The molecule has 0 radical (unpaired) electrons. The number of aliphatic imine (C=N–C) groups is 1. The molecule has 0 bridgehead atoms. The summed E-state index contributed by atoms with van der Waals surface area (Å²) in [7, 11) is 0. The Morgan fingerprint density at radius 2 is 2.39 bits per heavy atom. The minimum atomic E-state index is -0.379. The zero-order valence-electron chi connectivity index (χ0n) is 9.92. The van der Waals surface area contributed by atoms with Crippen LogP contribution in [0.5, 0.6) is 0 Å². The van der Waals surface area contributed by atoms with Crippen LogP contribution in [0.3, 0.4) is 0 Å². The van der Waals surface area contributed by atoms with Crippen molar-refractivity contribution in [1.29, 1.82) is 0 Å². The van der Waals surface area contributed by atoms with Crippen molar-refractivity contribution in [3.8, 4) is 0 Å². The molecule has 0 N–H and O–H groups in total. The highest BCUT2D eigenvalue weighted by molar-refractivity contribution is 14.1. The lowest BCUT2D eigenvalue weighted by molar-refractivity contribution is 0.302. The molecule has 1 atom stereocenters. The fourth-order valence-electron chi connectivity index (χ4n) is 1.69. The maximum absolute atomic E-state index is 13.0. The van der Waals surface area contributed by atoms with Gasteiger partial charge in [0.05, 0.1) is 10.7 Å². The molecular weight excluding hydrogens is 414 g/mol. The predicted octanol–water partition coefficient (Wildman–Crippen LogP) is 4.08. The smallest absolute Gasteiger partial charge is 0.238 e. The maximum atomic E-state index is 13.0. The summed E-state index contributed by atoms with van der Waals surface area (Å²) in [6, 6.07) is 1.37. The topological polar surface area (TPSA) is 34.5 Å². The average molecular weight is 427 g/mol. The number of halogens is 3. The van der Waals surface area contributed by atoms with Crippen LogP contribution < -0.4 is 0 Å². The zero-order chi connectivity index (χ0) is 13.2. The van der Waals surface area contributed by atoms with E-state index in [9.17, 15) is 4.39 Å². The van der Waals surface area contributed by atoms with E-state index in [0.717, 1.165) is 19.3 Å². The molecule has 0 aliphatic carbocycles. The van der Waals surface area contributed by atoms with E-state index in [4.69, 9.17) is 4.74 Å². The van der Waals surface area contributed by atoms with Crippen LogP contribution >= 0.6 is 38.5 Å². The van der Waals surface area contributed by atoms with E-state index in [-0.39, 0.29) is 9.36 Å². The highest BCUT2D eigenvalue weighted by Gasteiger charge is 2.34. The summed E-state index contributed by atoms with van der Waals surface area (Å²) in [6.45, 7) is 2.70. The lowest BCUT2D eigenvalue weighted by Gasteiger charge is -2.14. The highest BCUT2D eigenvalue weighted by atomic mass is 127. The van der Waals surface area contributed by atoms with Crippen LogP contribution in [0, 0.1) is 5.82 Å². The molecule has 1 aliphatic heterocycles. The fraction of sp³-hybridized carbons (Fsp3) is 0.500. The minimum Gasteiger partial charge on any atom is -0.473 e. The molecular formula is C12H13BrFIN2O. The first kappa shape index (κ1) is 14.2. The van der Waals surface area contributed by atoms with Gasteiger partial charge >= 0.3 is 0 Å². The van der Waals surface area contributed by atoms with Gasteiger partial charge in [-0.15, -0.1) is 0 Å². The lowest BCUT2D eigenvalue weighted by atomic mass is 10.1. The number of hydrogen-bond acceptors (Lipinski definition) is 3. The van der Waals surface area contributed by atoms with E-state index in [1.165, 1.54) is 12.3 Å². The molecule has 0 saturated heterocycles. The van der Waals surface area contributed by atoms with Crippen molar-refractivity contribution >= 4 is 44.4 Å². The van der Waals surface area contributed by atoms with Crippen LogP contribution in [-0.4, -0.2) is 21.0 Å². The molecule has 0 spiro atoms. The molecule has 0 fully saturated rings. The first-order valence-electron chi connectivity index (χ1n) is 5.77. The van der Waals surface area contributed by atoms with Crippen molar-refractivity contribution in [2.75, 3.05) is 6.61 Å². The first-order valence-corrected chi connectivity index (χ1v) is 7.64. The monoisotopic (exact) mass is 426 g/mol. The number of ether oxygens (including phenoxy) is 1. The van der Waals surface area contributed by atoms with Gasteiger partial charge in [-0.2, -0.15) is 0 Å². The molecule has 0 amide bonds. The van der Waals surface area contributed by atoms with Gasteiger partial charge in [-0.25, -0.2) is 14.4 Å². The molecule has 2 rings (SSSR count). The summed E-state index contributed by atoms with van der Waals surface area (Å²) < 4.78 is 18.9. The van der Waals surface area contributed by atoms with E-state index in [2.05, 4.69) is 55.4 Å². The third kappa shape index (κ3) is 3.20. The fourth-order valence-corrected chi connectivity index (χ4v) is 2.94. The Morgan fingerprint density at radius 1 is 1.61 bits per heavy atom. The van der Waals surface area contributed by atoms with E-state index in [1.807, 2.05) is 0 Å². The van der Waals surface area contributed by atoms with Crippen LogP contribution in [0.2, 0.25) is 0 Å². The van der Waals surface area contributed by atoms with Gasteiger partial charge in [-0.05, 0) is 51.0 Å². The molecule has 0 unspecified atom stereocenters. The Kier molecular flexibility index (Phi) is 4.58. The van der Waals surface area contributed by atoms with Gasteiger partial charge in [-0.3, -0.25) is 0 Å². The summed E-state index contributed by atoms with van der Waals surface area (Å²) in [6.07, 6.45) is 4.40. The standard InChI is InChI=1S/C12H13BrFIN2O/c1-2-3-4-12(15)7-18-11(17-12)10-9(13)5-8(14)6-16-10/h5-6H,2-4,7H2,1H3/t12-/m1/s1. The van der Waals surface area contributed by atoms with Crippen molar-refractivity contribution in [2.24, 2.45) is 4.99 Å². The number of alkyl halides is 1. The summed E-state index contributed by atoms with van der Waals surface area (Å²) in [4.78, 5) is 8.61. The van der Waals surface area contributed by atoms with Crippen molar-refractivity contribution in [3.05, 3.63) is 28.2 Å². The normalized spacial score (nSPS) is 22.8. The number of nitrogens with zero attached hydrogens (tertiary/aromatic N) is 2. The second-order valence-corrected chi connectivity index (χ2v) is 7.07. The molecule has 1 aromatic heterocycles. The first-order chi connectivity index (χ1) is 8.54. The van der Waals surface area contributed by atoms with Crippen molar-refractivity contribution in [2.45, 2.75) is 29.7 Å². The maximum Gasteiger partial charge on any atom is 0.238 e. The summed E-state index contributed by atoms with van der Waals surface area (Å²) >= 11 is 5.60. The van der Waals surface area contributed by atoms with Crippen LogP contribution in [0.1, 0.15) is 31.9 Å². The van der Waals surface area contributed by atoms with Crippen LogP contribution in [-0.2, 0) is 4.74 Å². The van der Waals surface area contributed by atoms with E-state index >= 15 is 0 Å². The molecule has 1 aromatic rings. The predicted molar refractivity (Wildman–Crippen MR) is 80.7 cm³/mol. The molecule has 98 valence electrons. The van der Waals surface area contributed by atoms with Crippen LogP contribution in [0.15, 0.2) is 21.7 Å². The molecule has 6 heteroatoms. The SMILES string of the molecule is CCCC[C@]1(I)COC(c2ncc(F)cc2Br)=N1. The Bertz CT molecular complexity index is 483. The largest absolute Gasteiger partial charge is 0.473 e. The number of rotatable bonds is 4. The van der Waals surface area contributed by atoms with Crippen molar-refractivity contribution < 1.29 is 9.13 Å². The van der Waals surface area contributed by atoms with Gasteiger partial charge in [0.2, 0.25) is 5.90 Å². The van der Waals surface area contributed by atoms with Crippen molar-refractivity contribution in [3.63, 3.8) is 0 Å². The number of hydrogen-bond donors (Lipinski definition) is 0. The molecule has 18 heavy (non-hydrogen) atoms. The van der Waals surface area contributed by atoms with E-state index in [0.29, 0.717) is 22.7 Å². The van der Waals surface area contributed by atoms with Gasteiger partial charge in [0.15, 0.2) is 0 Å². The third-order valence-corrected chi connectivity index (χ3v) is 4.35. The number of pyridine rings is 1. The molecule has 1 aliphatic rings. The van der Waals surface area contributed by atoms with Crippen LogP contribution in [0.25, 0.3) is 0 Å². The second kappa shape index (κ2) is 5.81. The third-order valence-electron chi connectivity index (χ3n) is 2.66. The Balaban J connectivity index is 2.22. The van der Waals surface area contributed by atoms with Gasteiger partial charge in [-0.1, -0.05) is 19.8 Å². The number of unbranched alkanes of at least 4 members (excludes halogenated alkanes) is 1. The molecule has 0 saturated carbocycles. The van der Waals surface area contributed by atoms with E-state index < -0.39 is 0 Å². The Labute approximate surface area is 128 Å². The van der Waals surface area contributed by atoms with Gasteiger partial charge < -0.3 is 4.74 Å². The van der Waals surface area contributed by atoms with Crippen molar-refractivity contribution in [1.82, 2.24) is 4.98 Å². The highest BCUT2D eigenvalue weighted by Crippen LogP contribution is 2.34. The minimum absolute atomic E-state index is 0.210. The molecule has 2 heterocycles. The summed E-state index contributed by atoms with van der Waals surface area (Å²) in [5.41, 5.74) is 0.562. The quantitative estimate of drug-likeness (QED) is 0.413. The summed E-state index contributed by atoms with van der Waals surface area (Å²) in [5.74, 6) is 0.114.